The van der Waals surface area contributed by atoms with Crippen molar-refractivity contribution < 1.29 is 0 Å². The molecule has 10 aromatic carbocycles. The van der Waals surface area contributed by atoms with Gasteiger partial charge in [0.15, 0.2) is 0 Å². The lowest BCUT2D eigenvalue weighted by Gasteiger charge is -2.28. The molecular formula is C54H37N. The Morgan fingerprint density at radius 1 is 0.236 bits per heavy atom. The maximum absolute atomic E-state index is 2.39. The van der Waals surface area contributed by atoms with Crippen LogP contribution in [-0.2, 0) is 0 Å². The maximum Gasteiger partial charge on any atom is 0.0540 e. The zero-order valence-electron chi connectivity index (χ0n) is 30.3. The fourth-order valence-corrected chi connectivity index (χ4v) is 8.10. The lowest BCUT2D eigenvalue weighted by molar-refractivity contribution is 1.28. The molecule has 0 aliphatic heterocycles. The first kappa shape index (κ1) is 32.4. The molecule has 0 bridgehead atoms. The minimum atomic E-state index is 1.10. The quantitative estimate of drug-likeness (QED) is 0.150. The van der Waals surface area contributed by atoms with E-state index in [9.17, 15) is 0 Å². The van der Waals surface area contributed by atoms with Crippen molar-refractivity contribution >= 4 is 49.4 Å². The van der Waals surface area contributed by atoms with Gasteiger partial charge in [0.2, 0.25) is 0 Å². The summed E-state index contributed by atoms with van der Waals surface area (Å²) in [5.74, 6) is 0. The Morgan fingerprint density at radius 2 is 0.709 bits per heavy atom. The average molecular weight is 700 g/mol. The van der Waals surface area contributed by atoms with Gasteiger partial charge in [-0.25, -0.2) is 0 Å². The van der Waals surface area contributed by atoms with Gasteiger partial charge in [0.05, 0.1) is 5.69 Å². The molecule has 0 amide bonds. The summed E-state index contributed by atoms with van der Waals surface area (Å²) < 4.78 is 0. The molecule has 0 heterocycles. The minimum Gasteiger partial charge on any atom is -0.310 e. The summed E-state index contributed by atoms with van der Waals surface area (Å²) in [6, 6.07) is 81.4. The third-order valence-electron chi connectivity index (χ3n) is 10.9. The summed E-state index contributed by atoms with van der Waals surface area (Å²) in [5, 5.41) is 7.60. The molecule has 0 atom stereocenters. The van der Waals surface area contributed by atoms with Gasteiger partial charge in [-0.2, -0.15) is 0 Å². The lowest BCUT2D eigenvalue weighted by atomic mass is 9.94. The molecular weight excluding hydrogens is 663 g/mol. The largest absolute Gasteiger partial charge is 0.310 e. The van der Waals surface area contributed by atoms with Crippen molar-refractivity contribution in [1.82, 2.24) is 0 Å². The highest BCUT2D eigenvalue weighted by molar-refractivity contribution is 6.08. The lowest BCUT2D eigenvalue weighted by Crippen LogP contribution is -2.11. The summed E-state index contributed by atoms with van der Waals surface area (Å²) in [5.41, 5.74) is 12.9. The molecule has 0 saturated carbocycles. The zero-order chi connectivity index (χ0) is 36.6. The summed E-state index contributed by atoms with van der Waals surface area (Å²) in [7, 11) is 0. The van der Waals surface area contributed by atoms with E-state index >= 15 is 0 Å². The van der Waals surface area contributed by atoms with Crippen LogP contribution in [-0.4, -0.2) is 0 Å². The minimum absolute atomic E-state index is 1.10. The second kappa shape index (κ2) is 14.0. The normalized spacial score (nSPS) is 11.3. The number of rotatable bonds is 7. The van der Waals surface area contributed by atoms with Crippen molar-refractivity contribution in [3.63, 3.8) is 0 Å². The molecule has 0 radical (unpaired) electrons. The van der Waals surface area contributed by atoms with Gasteiger partial charge in [-0.15, -0.1) is 0 Å². The summed E-state index contributed by atoms with van der Waals surface area (Å²) in [6.45, 7) is 0. The Hall–Kier alpha value is -7.22. The van der Waals surface area contributed by atoms with Crippen LogP contribution < -0.4 is 4.90 Å². The fraction of sp³-hybridized carbons (Fsp3) is 0. The van der Waals surface area contributed by atoms with E-state index in [1.807, 2.05) is 0 Å². The number of fused-ring (bicyclic) bond motifs is 4. The van der Waals surface area contributed by atoms with E-state index < -0.39 is 0 Å². The van der Waals surface area contributed by atoms with Crippen LogP contribution in [0, 0.1) is 0 Å². The van der Waals surface area contributed by atoms with Gasteiger partial charge in [0.1, 0.15) is 0 Å². The van der Waals surface area contributed by atoms with Crippen LogP contribution in [0.2, 0.25) is 0 Å². The Labute approximate surface area is 322 Å². The Balaban J connectivity index is 1.08. The predicted molar refractivity (Wildman–Crippen MR) is 235 cm³/mol. The van der Waals surface area contributed by atoms with E-state index in [4.69, 9.17) is 0 Å². The third-order valence-corrected chi connectivity index (χ3v) is 10.9. The molecule has 0 aliphatic carbocycles. The Bertz CT molecular complexity index is 2950. The van der Waals surface area contributed by atoms with Crippen molar-refractivity contribution in [2.75, 3.05) is 4.90 Å². The number of nitrogens with zero attached hydrogens (tertiary/aromatic N) is 1. The second-order valence-electron chi connectivity index (χ2n) is 14.1. The van der Waals surface area contributed by atoms with Gasteiger partial charge in [0, 0.05) is 16.9 Å². The van der Waals surface area contributed by atoms with Gasteiger partial charge >= 0.3 is 0 Å². The first-order chi connectivity index (χ1) is 27.3. The topological polar surface area (TPSA) is 3.24 Å². The van der Waals surface area contributed by atoms with Gasteiger partial charge in [0.25, 0.3) is 0 Å². The highest BCUT2D eigenvalue weighted by Gasteiger charge is 2.18. The van der Waals surface area contributed by atoms with Crippen molar-refractivity contribution in [3.05, 3.63) is 224 Å². The van der Waals surface area contributed by atoms with E-state index in [0.29, 0.717) is 0 Å². The smallest absolute Gasteiger partial charge is 0.0540 e. The van der Waals surface area contributed by atoms with Gasteiger partial charge in [-0.3, -0.25) is 0 Å². The number of hydrogen-bond donors (Lipinski definition) is 0. The molecule has 0 aliphatic rings. The van der Waals surface area contributed by atoms with E-state index in [1.165, 1.54) is 76.8 Å². The third kappa shape index (κ3) is 6.12. The first-order valence-corrected chi connectivity index (χ1v) is 18.9. The molecule has 55 heavy (non-hydrogen) atoms. The van der Waals surface area contributed by atoms with Crippen LogP contribution in [0.5, 0.6) is 0 Å². The molecule has 10 rings (SSSR count). The molecule has 10 aromatic rings. The number of benzene rings is 10. The highest BCUT2D eigenvalue weighted by atomic mass is 15.1. The molecule has 1 nitrogen and oxygen atoms in total. The zero-order valence-corrected chi connectivity index (χ0v) is 30.3. The van der Waals surface area contributed by atoms with E-state index in [2.05, 4.69) is 229 Å². The monoisotopic (exact) mass is 699 g/mol. The molecule has 0 fully saturated rings. The van der Waals surface area contributed by atoms with Crippen LogP contribution in [0.4, 0.5) is 17.1 Å². The molecule has 0 saturated heterocycles. The number of hydrogen-bond acceptors (Lipinski definition) is 1. The van der Waals surface area contributed by atoms with E-state index in [0.717, 1.165) is 17.1 Å². The summed E-state index contributed by atoms with van der Waals surface area (Å²) >= 11 is 0. The molecule has 258 valence electrons. The molecule has 1 heteroatoms. The molecule has 0 aromatic heterocycles. The summed E-state index contributed by atoms with van der Waals surface area (Å²) in [6.07, 6.45) is 0. The molecule has 0 N–H and O–H groups in total. The number of para-hydroxylation sites is 1. The standard InChI is InChI=1S/C54H37N/c1-2-12-38(13-3-1)39-26-31-47(32-27-39)55(48-33-28-40(29-34-48)43-30-35-52-46(36-43)25-24-42-15-5-7-20-50(42)52)54-23-9-8-21-53(54)45-18-10-17-44(37-45)51-22-11-16-41-14-4-6-19-49(41)51/h1-37H. The van der Waals surface area contributed by atoms with Crippen LogP contribution in [0.1, 0.15) is 0 Å². The van der Waals surface area contributed by atoms with Gasteiger partial charge in [-0.1, -0.05) is 182 Å². The Kier molecular flexibility index (Phi) is 8.24. The van der Waals surface area contributed by atoms with Crippen molar-refractivity contribution in [2.45, 2.75) is 0 Å². The first-order valence-electron chi connectivity index (χ1n) is 18.9. The Morgan fingerprint density at radius 3 is 1.47 bits per heavy atom. The average Bonchev–Trinajstić information content (AvgIpc) is 3.27. The molecule has 0 spiro atoms. The van der Waals surface area contributed by atoms with Crippen molar-refractivity contribution in [1.29, 1.82) is 0 Å². The van der Waals surface area contributed by atoms with E-state index in [-0.39, 0.29) is 0 Å². The predicted octanol–water partition coefficient (Wildman–Crippen LogP) is 15.3. The SMILES string of the molecule is c1ccc(-c2ccc(N(c3ccc(-c4ccc5c(ccc6ccccc65)c4)cc3)c3ccccc3-c3cccc(-c4cccc5ccccc45)c3)cc2)cc1. The van der Waals surface area contributed by atoms with Crippen LogP contribution in [0.25, 0.3) is 76.8 Å². The van der Waals surface area contributed by atoms with Crippen LogP contribution >= 0.6 is 0 Å². The van der Waals surface area contributed by atoms with Crippen LogP contribution in [0.3, 0.4) is 0 Å². The van der Waals surface area contributed by atoms with Crippen molar-refractivity contribution in [3.8, 4) is 44.5 Å². The van der Waals surface area contributed by atoms with Crippen LogP contribution in [0.15, 0.2) is 224 Å². The van der Waals surface area contributed by atoms with E-state index in [1.54, 1.807) is 0 Å². The maximum atomic E-state index is 2.39. The molecule has 0 unspecified atom stereocenters. The van der Waals surface area contributed by atoms with Gasteiger partial charge < -0.3 is 4.90 Å². The fourth-order valence-electron chi connectivity index (χ4n) is 8.10. The highest BCUT2D eigenvalue weighted by Crippen LogP contribution is 2.43. The summed E-state index contributed by atoms with van der Waals surface area (Å²) in [4.78, 5) is 2.39. The van der Waals surface area contributed by atoms with Crippen molar-refractivity contribution in [2.24, 2.45) is 0 Å². The second-order valence-corrected chi connectivity index (χ2v) is 14.1. The van der Waals surface area contributed by atoms with Gasteiger partial charge in [-0.05, 0) is 114 Å². The number of anilines is 3.